The molecule has 1 aliphatic heterocycles. The maximum Gasteiger partial charge on any atom is 0.321 e. The third-order valence-electron chi connectivity index (χ3n) is 3.83. The Morgan fingerprint density at radius 1 is 1.33 bits per heavy atom. The van der Waals surface area contributed by atoms with Crippen LogP contribution in [0.5, 0.6) is 0 Å². The van der Waals surface area contributed by atoms with Crippen LogP contribution in [0.1, 0.15) is 22.6 Å². The van der Waals surface area contributed by atoms with Crippen LogP contribution in [0.15, 0.2) is 36.5 Å². The number of benzene rings is 1. The molecular weight excluding hydrogens is 266 g/mol. The number of carbonyl (C=O) groups is 1. The Bertz CT molecular complexity index is 672. The molecule has 0 saturated heterocycles. The molecular formula is C16H17N3O2. The predicted molar refractivity (Wildman–Crippen MR) is 77.6 cm³/mol. The number of hydrogen-bond donors (Lipinski definition) is 1. The van der Waals surface area contributed by atoms with Crippen LogP contribution in [0, 0.1) is 6.92 Å². The first-order valence-electron chi connectivity index (χ1n) is 6.95. The van der Waals surface area contributed by atoms with E-state index < -0.39 is 12.0 Å². The Balaban J connectivity index is 1.87. The zero-order chi connectivity index (χ0) is 14.8. The average molecular weight is 283 g/mol. The Morgan fingerprint density at radius 3 is 2.81 bits per heavy atom. The van der Waals surface area contributed by atoms with E-state index in [1.165, 1.54) is 5.56 Å². The molecule has 0 bridgehead atoms. The van der Waals surface area contributed by atoms with Crippen LogP contribution in [0.25, 0.3) is 0 Å². The van der Waals surface area contributed by atoms with Gasteiger partial charge in [-0.15, -0.1) is 0 Å². The van der Waals surface area contributed by atoms with Gasteiger partial charge in [0, 0.05) is 19.3 Å². The van der Waals surface area contributed by atoms with Gasteiger partial charge in [0.15, 0.2) is 0 Å². The van der Waals surface area contributed by atoms with Gasteiger partial charge in [-0.25, -0.2) is 9.97 Å². The monoisotopic (exact) mass is 283 g/mol. The summed E-state index contributed by atoms with van der Waals surface area (Å²) >= 11 is 0. The van der Waals surface area contributed by atoms with Crippen molar-refractivity contribution in [2.75, 3.05) is 0 Å². The predicted octanol–water partition coefficient (Wildman–Crippen LogP) is 1.80. The van der Waals surface area contributed by atoms with Crippen LogP contribution in [0.3, 0.4) is 0 Å². The highest BCUT2D eigenvalue weighted by atomic mass is 16.4. The van der Waals surface area contributed by atoms with E-state index in [0.29, 0.717) is 25.3 Å². The highest BCUT2D eigenvalue weighted by Crippen LogP contribution is 2.24. The molecule has 1 aromatic carbocycles. The molecule has 1 N–H and O–H groups in total. The second-order valence-corrected chi connectivity index (χ2v) is 5.33. The van der Waals surface area contributed by atoms with Gasteiger partial charge >= 0.3 is 5.97 Å². The van der Waals surface area contributed by atoms with Crippen LogP contribution in [0.2, 0.25) is 0 Å². The minimum Gasteiger partial charge on any atom is -0.480 e. The summed E-state index contributed by atoms with van der Waals surface area (Å²) in [6.45, 7) is 2.99. The number of nitrogens with zero attached hydrogens (tertiary/aromatic N) is 3. The fraction of sp³-hybridized carbons (Fsp3) is 0.312. The van der Waals surface area contributed by atoms with Crippen molar-refractivity contribution in [3.05, 3.63) is 59.2 Å². The summed E-state index contributed by atoms with van der Waals surface area (Å²) in [7, 11) is 0. The van der Waals surface area contributed by atoms with Gasteiger partial charge in [0.1, 0.15) is 11.9 Å². The molecule has 2 heterocycles. The first-order valence-corrected chi connectivity index (χ1v) is 6.95. The molecule has 1 atom stereocenters. The quantitative estimate of drug-likeness (QED) is 0.930. The molecule has 0 aliphatic carbocycles. The third-order valence-corrected chi connectivity index (χ3v) is 3.83. The van der Waals surface area contributed by atoms with Crippen LogP contribution in [-0.2, 0) is 24.3 Å². The summed E-state index contributed by atoms with van der Waals surface area (Å²) in [6, 6.07) is 9.36. The fourth-order valence-electron chi connectivity index (χ4n) is 2.79. The Hall–Kier alpha value is -2.27. The van der Waals surface area contributed by atoms with Crippen molar-refractivity contribution in [2.45, 2.75) is 32.5 Å². The Labute approximate surface area is 123 Å². The molecule has 2 aromatic rings. The number of aliphatic carboxylic acids is 1. The van der Waals surface area contributed by atoms with Gasteiger partial charge in [-0.1, -0.05) is 24.3 Å². The van der Waals surface area contributed by atoms with E-state index in [4.69, 9.17) is 0 Å². The Kier molecular flexibility index (Phi) is 3.66. The van der Waals surface area contributed by atoms with Crippen molar-refractivity contribution in [3.63, 3.8) is 0 Å². The van der Waals surface area contributed by atoms with Crippen molar-refractivity contribution < 1.29 is 9.90 Å². The van der Waals surface area contributed by atoms with E-state index in [9.17, 15) is 9.90 Å². The Morgan fingerprint density at radius 2 is 2.10 bits per heavy atom. The van der Waals surface area contributed by atoms with Crippen molar-refractivity contribution in [1.82, 2.24) is 14.9 Å². The maximum atomic E-state index is 11.6. The number of aryl methyl sites for hydroxylation is 1. The van der Waals surface area contributed by atoms with Crippen molar-refractivity contribution in [1.29, 1.82) is 0 Å². The highest BCUT2D eigenvalue weighted by molar-refractivity contribution is 5.74. The molecule has 1 aromatic heterocycles. The van der Waals surface area contributed by atoms with Crippen LogP contribution in [-0.4, -0.2) is 32.0 Å². The van der Waals surface area contributed by atoms with Crippen LogP contribution >= 0.6 is 0 Å². The lowest BCUT2D eigenvalue weighted by molar-refractivity contribution is -0.144. The van der Waals surface area contributed by atoms with Gasteiger partial charge < -0.3 is 5.11 Å². The molecule has 1 unspecified atom stereocenters. The third kappa shape index (κ3) is 2.92. The zero-order valence-electron chi connectivity index (χ0n) is 11.9. The lowest BCUT2D eigenvalue weighted by Gasteiger charge is -2.34. The van der Waals surface area contributed by atoms with E-state index in [-0.39, 0.29) is 0 Å². The molecule has 0 spiro atoms. The van der Waals surface area contributed by atoms with Gasteiger partial charge in [-0.3, -0.25) is 9.69 Å². The first-order chi connectivity index (χ1) is 10.1. The number of carboxylic acids is 1. The molecule has 1 aliphatic rings. The number of aromatic nitrogens is 2. The second-order valence-electron chi connectivity index (χ2n) is 5.33. The molecule has 0 amide bonds. The molecule has 5 nitrogen and oxygen atoms in total. The maximum absolute atomic E-state index is 11.6. The standard InChI is InChI=1S/C16H17N3O2/c1-11-17-7-6-14(18-11)10-19-9-13-5-3-2-4-12(13)8-15(19)16(20)21/h2-7,15H,8-10H2,1H3,(H,20,21). The van der Waals surface area contributed by atoms with Crippen LogP contribution in [0.4, 0.5) is 0 Å². The molecule has 5 heteroatoms. The van der Waals surface area contributed by atoms with Crippen LogP contribution < -0.4 is 0 Å². The van der Waals surface area contributed by atoms with E-state index >= 15 is 0 Å². The number of carboxylic acid groups (broad SMARTS) is 1. The second kappa shape index (κ2) is 5.61. The molecule has 21 heavy (non-hydrogen) atoms. The summed E-state index contributed by atoms with van der Waals surface area (Å²) in [6.07, 6.45) is 2.25. The van der Waals surface area contributed by atoms with Crippen molar-refractivity contribution in [2.24, 2.45) is 0 Å². The largest absolute Gasteiger partial charge is 0.480 e. The molecule has 0 radical (unpaired) electrons. The minimum absolute atomic E-state index is 0.504. The van der Waals surface area contributed by atoms with Gasteiger partial charge in [0.2, 0.25) is 0 Å². The molecule has 108 valence electrons. The first kappa shape index (κ1) is 13.7. The topological polar surface area (TPSA) is 66.3 Å². The van der Waals surface area contributed by atoms with Gasteiger partial charge in [0.25, 0.3) is 0 Å². The van der Waals surface area contributed by atoms with Crippen molar-refractivity contribution >= 4 is 5.97 Å². The minimum atomic E-state index is -0.782. The highest BCUT2D eigenvalue weighted by Gasteiger charge is 2.31. The summed E-state index contributed by atoms with van der Waals surface area (Å²) in [4.78, 5) is 22.0. The summed E-state index contributed by atoms with van der Waals surface area (Å²) in [5.41, 5.74) is 3.17. The van der Waals surface area contributed by atoms with Gasteiger partial charge in [0.05, 0.1) is 5.69 Å². The van der Waals surface area contributed by atoms with E-state index in [2.05, 4.69) is 16.0 Å². The van der Waals surface area contributed by atoms with E-state index in [1.54, 1.807) is 6.20 Å². The lowest BCUT2D eigenvalue weighted by Crippen LogP contribution is -2.45. The van der Waals surface area contributed by atoms with Crippen molar-refractivity contribution in [3.8, 4) is 0 Å². The molecule has 0 fully saturated rings. The lowest BCUT2D eigenvalue weighted by atomic mass is 9.94. The summed E-state index contributed by atoms with van der Waals surface area (Å²) in [5, 5.41) is 9.49. The van der Waals surface area contributed by atoms with E-state index in [0.717, 1.165) is 11.3 Å². The van der Waals surface area contributed by atoms with Gasteiger partial charge in [-0.2, -0.15) is 0 Å². The summed E-state index contributed by atoms with van der Waals surface area (Å²) in [5.74, 6) is -0.0768. The number of fused-ring (bicyclic) bond motifs is 1. The van der Waals surface area contributed by atoms with Gasteiger partial charge in [-0.05, 0) is 30.5 Å². The zero-order valence-corrected chi connectivity index (χ0v) is 11.9. The smallest absolute Gasteiger partial charge is 0.321 e. The normalized spacial score (nSPS) is 18.2. The SMILES string of the molecule is Cc1nccc(CN2Cc3ccccc3CC2C(=O)O)n1. The average Bonchev–Trinajstić information content (AvgIpc) is 2.46. The number of hydrogen-bond acceptors (Lipinski definition) is 4. The summed E-state index contributed by atoms with van der Waals surface area (Å²) < 4.78 is 0. The fourth-order valence-corrected chi connectivity index (χ4v) is 2.79. The molecule has 0 saturated carbocycles. The number of rotatable bonds is 3. The van der Waals surface area contributed by atoms with E-state index in [1.807, 2.05) is 36.1 Å². The molecule has 3 rings (SSSR count).